The van der Waals surface area contributed by atoms with E-state index in [4.69, 9.17) is 16.2 Å². The number of esters is 1. The van der Waals surface area contributed by atoms with Crippen LogP contribution in [0.3, 0.4) is 0 Å². The van der Waals surface area contributed by atoms with Crippen molar-refractivity contribution in [3.8, 4) is 0 Å². The summed E-state index contributed by atoms with van der Waals surface area (Å²) < 4.78 is 6.74. The molecule has 0 fully saturated rings. The molecule has 0 spiro atoms. The lowest BCUT2D eigenvalue weighted by molar-refractivity contribution is -0.142. The van der Waals surface area contributed by atoms with Crippen LogP contribution in [0, 0.1) is 0 Å². The Morgan fingerprint density at radius 2 is 1.76 bits per heavy atom. The molecule has 1 amide bonds. The first kappa shape index (κ1) is 20.3. The molecular formula is C22H23N3O4. The van der Waals surface area contributed by atoms with E-state index in [-0.39, 0.29) is 5.56 Å². The van der Waals surface area contributed by atoms with E-state index >= 15 is 0 Å². The van der Waals surface area contributed by atoms with E-state index < -0.39 is 23.7 Å². The third kappa shape index (κ3) is 3.64. The van der Waals surface area contributed by atoms with Crippen LogP contribution in [-0.4, -0.2) is 29.3 Å². The minimum Gasteiger partial charge on any atom is -0.468 e. The highest BCUT2D eigenvalue weighted by molar-refractivity contribution is 6.45. The first-order valence-electron chi connectivity index (χ1n) is 9.26. The molecule has 0 saturated heterocycles. The van der Waals surface area contributed by atoms with E-state index in [2.05, 4.69) is 0 Å². The number of carbonyl (C=O) groups excluding carboxylic acids is 3. The Labute approximate surface area is 168 Å². The Morgan fingerprint density at radius 1 is 1.07 bits per heavy atom. The van der Waals surface area contributed by atoms with Crippen molar-refractivity contribution in [3.63, 3.8) is 0 Å². The number of aromatic nitrogens is 1. The standard InChI is InChI=1S/C22H23N3O4/c1-3-15-18(20(26)21(24)27)17-14(19(23)22(28)29-2)10-7-11-16(17)25(15)12-13-8-5-4-6-9-13/h4-11,19H,3,12,23H2,1-2H3,(H2,24,27). The first-order chi connectivity index (χ1) is 13.9. The van der Waals surface area contributed by atoms with Crippen LogP contribution in [-0.2, 0) is 27.3 Å². The van der Waals surface area contributed by atoms with Crippen LogP contribution in [0.2, 0.25) is 0 Å². The van der Waals surface area contributed by atoms with Gasteiger partial charge in [-0.05, 0) is 23.6 Å². The highest BCUT2D eigenvalue weighted by Crippen LogP contribution is 2.33. The second-order valence-corrected chi connectivity index (χ2v) is 6.68. The topological polar surface area (TPSA) is 117 Å². The van der Waals surface area contributed by atoms with Crippen molar-refractivity contribution < 1.29 is 19.1 Å². The molecule has 150 valence electrons. The minimum atomic E-state index is -1.10. The minimum absolute atomic E-state index is 0.195. The Morgan fingerprint density at radius 3 is 2.34 bits per heavy atom. The predicted octanol–water partition coefficient (Wildman–Crippen LogP) is 2.09. The number of benzene rings is 2. The van der Waals surface area contributed by atoms with Crippen LogP contribution < -0.4 is 11.5 Å². The number of nitrogens with zero attached hydrogens (tertiary/aromatic N) is 1. The molecule has 0 bridgehead atoms. The number of methoxy groups -OCH3 is 1. The van der Waals surface area contributed by atoms with Crippen molar-refractivity contribution in [2.24, 2.45) is 11.5 Å². The number of amides is 1. The third-order valence-corrected chi connectivity index (χ3v) is 4.99. The van der Waals surface area contributed by atoms with Crippen LogP contribution in [0.5, 0.6) is 0 Å². The van der Waals surface area contributed by atoms with E-state index in [0.717, 1.165) is 5.56 Å². The van der Waals surface area contributed by atoms with Gasteiger partial charge in [0.2, 0.25) is 0 Å². The SMILES string of the molecule is CCc1c(C(=O)C(N)=O)c2c(C(N)C(=O)OC)cccc2n1Cc1ccccc1. The van der Waals surface area contributed by atoms with Crippen molar-refractivity contribution in [2.75, 3.05) is 7.11 Å². The zero-order valence-electron chi connectivity index (χ0n) is 16.3. The molecule has 0 aliphatic carbocycles. The summed E-state index contributed by atoms with van der Waals surface area (Å²) in [5.74, 6) is -2.49. The Balaban J connectivity index is 2.35. The largest absolute Gasteiger partial charge is 0.468 e. The second-order valence-electron chi connectivity index (χ2n) is 6.68. The van der Waals surface area contributed by atoms with E-state index in [1.54, 1.807) is 12.1 Å². The maximum atomic E-state index is 12.8. The summed E-state index contributed by atoms with van der Waals surface area (Å²) in [4.78, 5) is 36.7. The van der Waals surface area contributed by atoms with Gasteiger partial charge in [-0.3, -0.25) is 14.4 Å². The van der Waals surface area contributed by atoms with Crippen molar-refractivity contribution >= 4 is 28.6 Å². The molecule has 1 atom stereocenters. The molecule has 0 radical (unpaired) electrons. The van der Waals surface area contributed by atoms with Crippen LogP contribution in [0.1, 0.15) is 40.1 Å². The monoisotopic (exact) mass is 393 g/mol. The second kappa shape index (κ2) is 8.28. The van der Waals surface area contributed by atoms with Crippen LogP contribution in [0.4, 0.5) is 0 Å². The summed E-state index contributed by atoms with van der Waals surface area (Å²) >= 11 is 0. The zero-order chi connectivity index (χ0) is 21.1. The fourth-order valence-corrected chi connectivity index (χ4v) is 3.67. The molecule has 0 aliphatic rings. The Kier molecular flexibility index (Phi) is 5.79. The fourth-order valence-electron chi connectivity index (χ4n) is 3.67. The molecule has 1 heterocycles. The van der Waals surface area contributed by atoms with Crippen LogP contribution in [0.15, 0.2) is 48.5 Å². The van der Waals surface area contributed by atoms with E-state index in [9.17, 15) is 14.4 Å². The van der Waals surface area contributed by atoms with Gasteiger partial charge in [-0.1, -0.05) is 49.4 Å². The van der Waals surface area contributed by atoms with Gasteiger partial charge in [0.25, 0.3) is 11.7 Å². The molecular weight excluding hydrogens is 370 g/mol. The number of nitrogens with two attached hydrogens (primary N) is 2. The van der Waals surface area contributed by atoms with Gasteiger partial charge in [0.1, 0.15) is 6.04 Å². The highest BCUT2D eigenvalue weighted by Gasteiger charge is 2.29. The maximum Gasteiger partial charge on any atom is 0.327 e. The Hall–Kier alpha value is -3.45. The summed E-state index contributed by atoms with van der Waals surface area (Å²) in [7, 11) is 1.25. The number of ketones is 1. The molecule has 0 aliphatic heterocycles. The summed E-state index contributed by atoms with van der Waals surface area (Å²) in [6.07, 6.45) is 0.489. The number of ether oxygens (including phenoxy) is 1. The Bertz CT molecular complexity index is 1090. The molecule has 2 aromatic carbocycles. The van der Waals surface area contributed by atoms with Gasteiger partial charge in [-0.2, -0.15) is 0 Å². The van der Waals surface area contributed by atoms with Gasteiger partial charge in [-0.25, -0.2) is 0 Å². The summed E-state index contributed by atoms with van der Waals surface area (Å²) in [5.41, 5.74) is 14.4. The highest BCUT2D eigenvalue weighted by atomic mass is 16.5. The first-order valence-corrected chi connectivity index (χ1v) is 9.26. The number of carbonyl (C=O) groups is 3. The zero-order valence-corrected chi connectivity index (χ0v) is 16.3. The summed E-state index contributed by atoms with van der Waals surface area (Å²) in [6.45, 7) is 2.39. The van der Waals surface area contributed by atoms with Crippen molar-refractivity contribution in [3.05, 3.63) is 70.9 Å². The van der Waals surface area contributed by atoms with Crippen molar-refractivity contribution in [1.29, 1.82) is 0 Å². The normalized spacial score (nSPS) is 12.0. The van der Waals surface area contributed by atoms with E-state index in [1.165, 1.54) is 7.11 Å². The molecule has 1 unspecified atom stereocenters. The molecule has 7 heteroatoms. The average molecular weight is 393 g/mol. The third-order valence-electron chi connectivity index (χ3n) is 4.99. The maximum absolute atomic E-state index is 12.8. The molecule has 29 heavy (non-hydrogen) atoms. The predicted molar refractivity (Wildman–Crippen MR) is 109 cm³/mol. The van der Waals surface area contributed by atoms with Gasteiger partial charge < -0.3 is 20.8 Å². The fraction of sp³-hybridized carbons (Fsp3) is 0.227. The van der Waals surface area contributed by atoms with Gasteiger partial charge in [0.15, 0.2) is 0 Å². The van der Waals surface area contributed by atoms with E-state index in [0.29, 0.717) is 35.1 Å². The molecule has 4 N–H and O–H groups in total. The quantitative estimate of drug-likeness (QED) is 0.362. The lowest BCUT2D eigenvalue weighted by atomic mass is 9.96. The summed E-state index contributed by atoms with van der Waals surface area (Å²) in [6, 6.07) is 13.9. The van der Waals surface area contributed by atoms with Crippen LogP contribution in [0.25, 0.3) is 10.9 Å². The smallest absolute Gasteiger partial charge is 0.327 e. The number of rotatable bonds is 7. The van der Waals surface area contributed by atoms with Gasteiger partial charge >= 0.3 is 5.97 Å². The van der Waals surface area contributed by atoms with Crippen LogP contribution >= 0.6 is 0 Å². The number of Topliss-reactive ketones (excluding diaryl/α,β-unsaturated/α-hetero) is 1. The molecule has 1 aromatic heterocycles. The molecule has 0 saturated carbocycles. The van der Waals surface area contributed by atoms with Gasteiger partial charge in [0.05, 0.1) is 12.7 Å². The number of fused-ring (bicyclic) bond motifs is 1. The van der Waals surface area contributed by atoms with Gasteiger partial charge in [-0.15, -0.1) is 0 Å². The number of hydrogen-bond acceptors (Lipinski definition) is 5. The summed E-state index contributed by atoms with van der Waals surface area (Å²) in [5, 5.41) is 0.460. The van der Waals surface area contributed by atoms with Gasteiger partial charge in [0, 0.05) is 23.1 Å². The molecule has 7 nitrogen and oxygen atoms in total. The lowest BCUT2D eigenvalue weighted by Crippen LogP contribution is -2.26. The van der Waals surface area contributed by atoms with E-state index in [1.807, 2.05) is 47.9 Å². The number of primary amides is 1. The number of hydrogen-bond donors (Lipinski definition) is 2. The average Bonchev–Trinajstić information content (AvgIpc) is 3.05. The van der Waals surface area contributed by atoms with Crippen molar-refractivity contribution in [1.82, 2.24) is 4.57 Å². The molecule has 3 aromatic rings. The lowest BCUT2D eigenvalue weighted by Gasteiger charge is -2.12. The van der Waals surface area contributed by atoms with Crippen molar-refractivity contribution in [2.45, 2.75) is 25.9 Å². The molecule has 3 rings (SSSR count).